The van der Waals surface area contributed by atoms with E-state index < -0.39 is 11.9 Å². The van der Waals surface area contributed by atoms with E-state index in [1.807, 2.05) is 24.3 Å². The minimum Gasteiger partial charge on any atom is -0.497 e. The first-order valence-electron chi connectivity index (χ1n) is 6.29. The van der Waals surface area contributed by atoms with Crippen LogP contribution >= 0.6 is 0 Å². The summed E-state index contributed by atoms with van der Waals surface area (Å²) in [5, 5.41) is 10.2. The molecule has 3 nitrogen and oxygen atoms in total. The fraction of sp³-hybridized carbons (Fsp3) is 0.250. The Labute approximate surface area is 117 Å². The molecule has 0 radical (unpaired) electrons. The molecule has 0 spiro atoms. The standard InChI is InChI=1S/C16H17FO3/c1-19-12-8-6-11(7-9-12)10-14(18)13-4-3-5-15(20-2)16(13)17/h3-9,14,18H,10H2,1-2H3. The molecular formula is C16H17FO3. The average Bonchev–Trinajstić information content (AvgIpc) is 2.48. The van der Waals surface area contributed by atoms with Gasteiger partial charge >= 0.3 is 0 Å². The van der Waals surface area contributed by atoms with E-state index in [1.54, 1.807) is 19.2 Å². The van der Waals surface area contributed by atoms with E-state index in [2.05, 4.69) is 0 Å². The Morgan fingerprint density at radius 2 is 1.75 bits per heavy atom. The van der Waals surface area contributed by atoms with Crippen LogP contribution in [0.5, 0.6) is 11.5 Å². The van der Waals surface area contributed by atoms with Crippen LogP contribution in [0.4, 0.5) is 4.39 Å². The molecule has 0 bridgehead atoms. The van der Waals surface area contributed by atoms with Crippen molar-refractivity contribution >= 4 is 0 Å². The average molecular weight is 276 g/mol. The smallest absolute Gasteiger partial charge is 0.170 e. The van der Waals surface area contributed by atoms with Crippen molar-refractivity contribution in [2.24, 2.45) is 0 Å². The SMILES string of the molecule is COc1ccc(CC(O)c2cccc(OC)c2F)cc1. The highest BCUT2D eigenvalue weighted by Crippen LogP contribution is 2.27. The number of hydrogen-bond acceptors (Lipinski definition) is 3. The minimum absolute atomic E-state index is 0.135. The maximum Gasteiger partial charge on any atom is 0.170 e. The van der Waals surface area contributed by atoms with Gasteiger partial charge in [0.1, 0.15) is 5.75 Å². The monoisotopic (exact) mass is 276 g/mol. The Morgan fingerprint density at radius 3 is 2.35 bits per heavy atom. The zero-order valence-corrected chi connectivity index (χ0v) is 11.5. The van der Waals surface area contributed by atoms with Crippen molar-refractivity contribution in [3.63, 3.8) is 0 Å². The fourth-order valence-electron chi connectivity index (χ4n) is 2.04. The van der Waals surface area contributed by atoms with E-state index in [9.17, 15) is 9.50 Å². The molecule has 0 saturated heterocycles. The second-order valence-electron chi connectivity index (χ2n) is 4.43. The summed E-state index contributed by atoms with van der Waals surface area (Å²) in [5.74, 6) is 0.364. The molecule has 0 heterocycles. The van der Waals surface area contributed by atoms with E-state index in [0.29, 0.717) is 6.42 Å². The van der Waals surface area contributed by atoms with E-state index in [4.69, 9.17) is 9.47 Å². The maximum absolute atomic E-state index is 14.0. The van der Waals surface area contributed by atoms with E-state index in [0.717, 1.165) is 11.3 Å². The van der Waals surface area contributed by atoms with Gasteiger partial charge in [-0.25, -0.2) is 4.39 Å². The van der Waals surface area contributed by atoms with Crippen LogP contribution in [0.15, 0.2) is 42.5 Å². The number of rotatable bonds is 5. The first kappa shape index (κ1) is 14.3. The molecule has 1 atom stereocenters. The first-order chi connectivity index (χ1) is 9.65. The third kappa shape index (κ3) is 3.08. The largest absolute Gasteiger partial charge is 0.497 e. The molecule has 0 aliphatic rings. The van der Waals surface area contributed by atoms with Crippen LogP contribution in [-0.4, -0.2) is 19.3 Å². The summed E-state index contributed by atoms with van der Waals surface area (Å²) < 4.78 is 24.0. The second-order valence-corrected chi connectivity index (χ2v) is 4.43. The quantitative estimate of drug-likeness (QED) is 0.912. The van der Waals surface area contributed by atoms with Gasteiger partial charge in [-0.05, 0) is 23.8 Å². The number of halogens is 1. The first-order valence-corrected chi connectivity index (χ1v) is 6.29. The maximum atomic E-state index is 14.0. The van der Waals surface area contributed by atoms with Crippen molar-refractivity contribution in [1.29, 1.82) is 0 Å². The van der Waals surface area contributed by atoms with Gasteiger partial charge in [0.05, 0.1) is 20.3 Å². The normalized spacial score (nSPS) is 12.0. The molecule has 0 aliphatic heterocycles. The van der Waals surface area contributed by atoms with Gasteiger partial charge in [0.15, 0.2) is 11.6 Å². The number of aliphatic hydroxyl groups is 1. The predicted octanol–water partition coefficient (Wildman–Crippen LogP) is 3.12. The van der Waals surface area contributed by atoms with Gasteiger partial charge in [-0.3, -0.25) is 0 Å². The fourth-order valence-corrected chi connectivity index (χ4v) is 2.04. The van der Waals surface area contributed by atoms with Crippen molar-refractivity contribution in [1.82, 2.24) is 0 Å². The van der Waals surface area contributed by atoms with Crippen molar-refractivity contribution in [3.05, 3.63) is 59.4 Å². The molecule has 2 aromatic rings. The summed E-state index contributed by atoms with van der Waals surface area (Å²) in [6, 6.07) is 12.1. The molecule has 2 rings (SSSR count). The van der Waals surface area contributed by atoms with Crippen LogP contribution in [0.25, 0.3) is 0 Å². The van der Waals surface area contributed by atoms with Crippen molar-refractivity contribution in [3.8, 4) is 11.5 Å². The third-order valence-corrected chi connectivity index (χ3v) is 3.16. The van der Waals surface area contributed by atoms with E-state index in [1.165, 1.54) is 13.2 Å². The Kier molecular flexibility index (Phi) is 4.58. The number of aliphatic hydroxyl groups excluding tert-OH is 1. The summed E-state index contributed by atoms with van der Waals surface area (Å²) in [4.78, 5) is 0. The zero-order valence-electron chi connectivity index (χ0n) is 11.5. The highest BCUT2D eigenvalue weighted by molar-refractivity contribution is 5.34. The molecule has 0 saturated carbocycles. The van der Waals surface area contributed by atoms with Crippen LogP contribution in [-0.2, 0) is 6.42 Å². The van der Waals surface area contributed by atoms with Gasteiger partial charge in [0, 0.05) is 12.0 Å². The molecule has 0 aromatic heterocycles. The lowest BCUT2D eigenvalue weighted by Crippen LogP contribution is -2.05. The third-order valence-electron chi connectivity index (χ3n) is 3.16. The molecule has 4 heteroatoms. The van der Waals surface area contributed by atoms with Crippen molar-refractivity contribution < 1.29 is 19.0 Å². The summed E-state index contributed by atoms with van der Waals surface area (Å²) in [7, 11) is 2.99. The Hall–Kier alpha value is -2.07. The van der Waals surface area contributed by atoms with Crippen LogP contribution in [0, 0.1) is 5.82 Å². The van der Waals surface area contributed by atoms with Gasteiger partial charge in [-0.15, -0.1) is 0 Å². The highest BCUT2D eigenvalue weighted by atomic mass is 19.1. The van der Waals surface area contributed by atoms with Crippen LogP contribution in [0.3, 0.4) is 0 Å². The molecule has 1 N–H and O–H groups in total. The van der Waals surface area contributed by atoms with Crippen LogP contribution in [0.2, 0.25) is 0 Å². The molecule has 20 heavy (non-hydrogen) atoms. The van der Waals surface area contributed by atoms with Crippen LogP contribution < -0.4 is 9.47 Å². The van der Waals surface area contributed by atoms with Crippen LogP contribution in [0.1, 0.15) is 17.2 Å². The molecule has 0 fully saturated rings. The molecule has 0 amide bonds. The number of methoxy groups -OCH3 is 2. The summed E-state index contributed by atoms with van der Waals surface area (Å²) in [6.45, 7) is 0. The molecular weight excluding hydrogens is 259 g/mol. The lowest BCUT2D eigenvalue weighted by molar-refractivity contribution is 0.172. The Bertz CT molecular complexity index is 566. The van der Waals surface area contributed by atoms with E-state index >= 15 is 0 Å². The Balaban J connectivity index is 2.16. The van der Waals surface area contributed by atoms with Gasteiger partial charge < -0.3 is 14.6 Å². The predicted molar refractivity (Wildman–Crippen MR) is 74.6 cm³/mol. The van der Waals surface area contributed by atoms with Gasteiger partial charge in [-0.2, -0.15) is 0 Å². The second kappa shape index (κ2) is 6.39. The van der Waals surface area contributed by atoms with Gasteiger partial charge in [0.2, 0.25) is 0 Å². The number of hydrogen-bond donors (Lipinski definition) is 1. The van der Waals surface area contributed by atoms with Crippen molar-refractivity contribution in [2.45, 2.75) is 12.5 Å². The number of benzene rings is 2. The molecule has 2 aromatic carbocycles. The summed E-state index contributed by atoms with van der Waals surface area (Å²) in [6.07, 6.45) is -0.591. The summed E-state index contributed by atoms with van der Waals surface area (Å²) in [5.41, 5.74) is 1.14. The number of ether oxygens (including phenoxy) is 2. The Morgan fingerprint density at radius 1 is 1.05 bits per heavy atom. The van der Waals surface area contributed by atoms with E-state index in [-0.39, 0.29) is 11.3 Å². The highest BCUT2D eigenvalue weighted by Gasteiger charge is 2.16. The van der Waals surface area contributed by atoms with Crippen molar-refractivity contribution in [2.75, 3.05) is 14.2 Å². The zero-order chi connectivity index (χ0) is 14.5. The minimum atomic E-state index is -0.918. The molecule has 106 valence electrons. The lowest BCUT2D eigenvalue weighted by Gasteiger charge is -2.14. The van der Waals surface area contributed by atoms with Gasteiger partial charge in [0.25, 0.3) is 0 Å². The topological polar surface area (TPSA) is 38.7 Å². The lowest BCUT2D eigenvalue weighted by atomic mass is 10.0. The molecule has 0 aliphatic carbocycles. The van der Waals surface area contributed by atoms with Gasteiger partial charge in [-0.1, -0.05) is 24.3 Å². The summed E-state index contributed by atoms with van der Waals surface area (Å²) >= 11 is 0. The molecule has 1 unspecified atom stereocenters.